The molecule has 1 aliphatic rings. The van der Waals surface area contributed by atoms with Crippen molar-refractivity contribution in [3.05, 3.63) is 0 Å². The number of hydrogen-bond acceptors (Lipinski definition) is 8. The van der Waals surface area contributed by atoms with E-state index in [2.05, 4.69) is 26.6 Å². The fourth-order valence-corrected chi connectivity index (χ4v) is 2.69. The van der Waals surface area contributed by atoms with Gasteiger partial charge in [0.15, 0.2) is 0 Å². The van der Waals surface area contributed by atoms with Crippen LogP contribution in [0.4, 0.5) is 0 Å². The van der Waals surface area contributed by atoms with Crippen molar-refractivity contribution in [2.75, 3.05) is 45.8 Å². The number of carbonyl (C=O) groups is 7. The Morgan fingerprint density at radius 3 is 1.81 bits per heavy atom. The average molecular weight is 457 g/mol. The van der Waals surface area contributed by atoms with E-state index < -0.39 is 67.1 Å². The van der Waals surface area contributed by atoms with Gasteiger partial charge in [-0.2, -0.15) is 0 Å². The Hall–Kier alpha value is -3.75. The van der Waals surface area contributed by atoms with Gasteiger partial charge in [0.05, 0.1) is 32.7 Å². The summed E-state index contributed by atoms with van der Waals surface area (Å²) in [6.45, 7) is -2.16. The molecule has 1 heterocycles. The van der Waals surface area contributed by atoms with Crippen LogP contribution in [0.25, 0.3) is 0 Å². The highest BCUT2D eigenvalue weighted by Crippen LogP contribution is 2.17. The van der Waals surface area contributed by atoms with Gasteiger partial charge in [0.25, 0.3) is 0 Å². The van der Waals surface area contributed by atoms with Crippen LogP contribution in [-0.4, -0.2) is 103 Å². The van der Waals surface area contributed by atoms with Crippen LogP contribution in [0.5, 0.6) is 0 Å². The summed E-state index contributed by atoms with van der Waals surface area (Å²) in [5.41, 5.74) is 5.10. The lowest BCUT2D eigenvalue weighted by Crippen LogP contribution is -2.51. The second-order valence-electron chi connectivity index (χ2n) is 6.67. The van der Waals surface area contributed by atoms with Gasteiger partial charge in [0, 0.05) is 6.54 Å². The summed E-state index contributed by atoms with van der Waals surface area (Å²) in [6, 6.07) is -0.817. The molecule has 0 spiro atoms. The molecule has 1 rings (SSSR count). The van der Waals surface area contributed by atoms with E-state index in [0.29, 0.717) is 19.4 Å². The lowest BCUT2D eigenvalue weighted by Gasteiger charge is -2.24. The predicted octanol–water partition coefficient (Wildman–Crippen LogP) is -5.40. The monoisotopic (exact) mass is 457 g/mol. The van der Waals surface area contributed by atoms with Gasteiger partial charge in [-0.1, -0.05) is 0 Å². The predicted molar refractivity (Wildman–Crippen MR) is 106 cm³/mol. The third-order valence-electron chi connectivity index (χ3n) is 4.25. The van der Waals surface area contributed by atoms with Gasteiger partial charge in [-0.3, -0.25) is 33.6 Å². The van der Waals surface area contributed by atoms with Gasteiger partial charge >= 0.3 is 5.97 Å². The molecular formula is C17H27N7O8. The topological polar surface area (TPSA) is 229 Å². The van der Waals surface area contributed by atoms with Crippen LogP contribution >= 0.6 is 0 Å². The fourth-order valence-electron chi connectivity index (χ4n) is 2.69. The molecule has 15 heteroatoms. The van der Waals surface area contributed by atoms with Crippen molar-refractivity contribution in [1.82, 2.24) is 31.5 Å². The Kier molecular flexibility index (Phi) is 11.1. The van der Waals surface area contributed by atoms with Crippen LogP contribution in [0, 0.1) is 0 Å². The van der Waals surface area contributed by atoms with Crippen molar-refractivity contribution in [3.63, 3.8) is 0 Å². The first-order chi connectivity index (χ1) is 15.1. The third kappa shape index (κ3) is 9.84. The molecule has 178 valence electrons. The van der Waals surface area contributed by atoms with E-state index in [9.17, 15) is 33.6 Å². The molecule has 1 saturated heterocycles. The number of likely N-dealkylation sites (tertiary alicyclic amines) is 1. The van der Waals surface area contributed by atoms with Crippen molar-refractivity contribution in [1.29, 1.82) is 0 Å². The summed E-state index contributed by atoms with van der Waals surface area (Å²) in [4.78, 5) is 82.1. The van der Waals surface area contributed by atoms with Gasteiger partial charge < -0.3 is 42.3 Å². The van der Waals surface area contributed by atoms with E-state index in [4.69, 9.17) is 10.8 Å². The van der Waals surface area contributed by atoms with E-state index in [1.807, 2.05) is 0 Å². The van der Waals surface area contributed by atoms with Gasteiger partial charge in [-0.25, -0.2) is 0 Å². The summed E-state index contributed by atoms with van der Waals surface area (Å²) in [5, 5.41) is 19.7. The van der Waals surface area contributed by atoms with E-state index in [1.165, 1.54) is 4.90 Å². The Morgan fingerprint density at radius 2 is 1.25 bits per heavy atom. The van der Waals surface area contributed by atoms with Gasteiger partial charge in [-0.15, -0.1) is 0 Å². The number of hydrogen-bond donors (Lipinski definition) is 7. The number of amides is 6. The number of nitrogens with two attached hydrogens (primary N) is 1. The molecule has 0 bridgehead atoms. The zero-order valence-electron chi connectivity index (χ0n) is 17.3. The summed E-state index contributed by atoms with van der Waals surface area (Å²) >= 11 is 0. The van der Waals surface area contributed by atoms with Crippen molar-refractivity contribution >= 4 is 41.4 Å². The largest absolute Gasteiger partial charge is 0.480 e. The zero-order valence-corrected chi connectivity index (χ0v) is 17.3. The number of nitrogens with one attached hydrogen (secondary N) is 5. The number of carbonyl (C=O) groups excluding carboxylic acids is 6. The van der Waals surface area contributed by atoms with Crippen molar-refractivity contribution in [2.45, 2.75) is 18.9 Å². The first-order valence-corrected chi connectivity index (χ1v) is 9.69. The first kappa shape index (κ1) is 26.3. The minimum atomic E-state index is -1.23. The van der Waals surface area contributed by atoms with Crippen LogP contribution in [-0.2, 0) is 33.6 Å². The molecule has 0 aromatic heterocycles. The second kappa shape index (κ2) is 13.5. The van der Waals surface area contributed by atoms with E-state index >= 15 is 0 Å². The number of nitrogens with zero attached hydrogens (tertiary/aromatic N) is 1. The molecule has 32 heavy (non-hydrogen) atoms. The maximum atomic E-state index is 12.4. The molecular weight excluding hydrogens is 430 g/mol. The number of carboxylic acid groups (broad SMARTS) is 1. The Morgan fingerprint density at radius 1 is 0.750 bits per heavy atom. The summed E-state index contributed by atoms with van der Waals surface area (Å²) in [5.74, 6) is -4.79. The minimum Gasteiger partial charge on any atom is -0.480 e. The Balaban J connectivity index is 2.37. The molecule has 1 unspecified atom stereocenters. The third-order valence-corrected chi connectivity index (χ3v) is 4.25. The van der Waals surface area contributed by atoms with Crippen LogP contribution in [0.1, 0.15) is 12.8 Å². The van der Waals surface area contributed by atoms with E-state index in [-0.39, 0.29) is 19.6 Å². The van der Waals surface area contributed by atoms with Gasteiger partial charge in [0.2, 0.25) is 35.4 Å². The number of carboxylic acids is 1. The minimum absolute atomic E-state index is 0.271. The highest BCUT2D eigenvalue weighted by atomic mass is 16.4. The highest BCUT2D eigenvalue weighted by Gasteiger charge is 2.34. The number of rotatable bonds is 12. The average Bonchev–Trinajstić information content (AvgIpc) is 3.26. The SMILES string of the molecule is NCC(=O)NCC(=O)NCC(=O)N1CCCC1C(=O)NCC(=O)NCC(=O)NCC(=O)O. The summed E-state index contributed by atoms with van der Waals surface area (Å²) in [6.07, 6.45) is 0.928. The molecule has 15 nitrogen and oxygen atoms in total. The summed E-state index contributed by atoms with van der Waals surface area (Å²) in [7, 11) is 0. The molecule has 0 aromatic rings. The molecule has 6 amide bonds. The smallest absolute Gasteiger partial charge is 0.322 e. The van der Waals surface area contributed by atoms with Crippen LogP contribution in [0.15, 0.2) is 0 Å². The van der Waals surface area contributed by atoms with E-state index in [0.717, 1.165) is 0 Å². The van der Waals surface area contributed by atoms with E-state index in [1.54, 1.807) is 0 Å². The first-order valence-electron chi connectivity index (χ1n) is 9.69. The molecule has 0 aliphatic carbocycles. The standard InChI is InChI=1S/C17H27N7O8/c18-4-11(25)19-5-12(26)21-8-15(29)24-3-1-2-10(24)17(32)23-7-14(28)20-6-13(27)22-9-16(30)31/h10H,1-9,18H2,(H,19,25)(H,20,28)(H,21,26)(H,22,27)(H,23,32)(H,30,31). The Bertz CT molecular complexity index is 757. The summed E-state index contributed by atoms with van der Waals surface area (Å²) < 4.78 is 0. The number of aliphatic carboxylic acids is 1. The lowest BCUT2D eigenvalue weighted by molar-refractivity contribution is -0.139. The van der Waals surface area contributed by atoms with Crippen LogP contribution in [0.3, 0.4) is 0 Å². The fraction of sp³-hybridized carbons (Fsp3) is 0.588. The normalized spacial score (nSPS) is 14.8. The molecule has 0 saturated carbocycles. The highest BCUT2D eigenvalue weighted by molar-refractivity contribution is 5.93. The van der Waals surface area contributed by atoms with Crippen molar-refractivity contribution in [2.24, 2.45) is 5.73 Å². The zero-order chi connectivity index (χ0) is 24.1. The van der Waals surface area contributed by atoms with Gasteiger partial charge in [0.1, 0.15) is 12.6 Å². The molecule has 1 aliphatic heterocycles. The molecule has 0 radical (unpaired) electrons. The molecule has 0 aromatic carbocycles. The quantitative estimate of drug-likeness (QED) is 0.148. The Labute approximate surface area is 182 Å². The molecule has 1 fully saturated rings. The molecule has 8 N–H and O–H groups in total. The van der Waals surface area contributed by atoms with Crippen LogP contribution < -0.4 is 32.3 Å². The van der Waals surface area contributed by atoms with Crippen LogP contribution in [0.2, 0.25) is 0 Å². The van der Waals surface area contributed by atoms with Crippen molar-refractivity contribution in [3.8, 4) is 0 Å². The van der Waals surface area contributed by atoms with Crippen molar-refractivity contribution < 1.29 is 38.7 Å². The maximum absolute atomic E-state index is 12.4. The van der Waals surface area contributed by atoms with Gasteiger partial charge in [-0.05, 0) is 12.8 Å². The second-order valence-corrected chi connectivity index (χ2v) is 6.67. The lowest BCUT2D eigenvalue weighted by atomic mass is 10.2. The maximum Gasteiger partial charge on any atom is 0.322 e. The molecule has 1 atom stereocenters.